The quantitative estimate of drug-likeness (QED) is 0.870. The minimum Gasteiger partial charge on any atom is -0.316 e. The smallest absolute Gasteiger partial charge is 0.142 e. The summed E-state index contributed by atoms with van der Waals surface area (Å²) >= 11 is 6.34. The van der Waals surface area contributed by atoms with E-state index in [2.05, 4.69) is 10.4 Å². The van der Waals surface area contributed by atoms with Crippen LogP contribution in [0.3, 0.4) is 0 Å². The summed E-state index contributed by atoms with van der Waals surface area (Å²) in [7, 11) is 0. The highest BCUT2D eigenvalue weighted by Gasteiger charge is 2.29. The topological polar surface area (TPSA) is 46.9 Å². The Morgan fingerprint density at radius 2 is 2.21 bits per heavy atom. The van der Waals surface area contributed by atoms with Crippen LogP contribution >= 0.6 is 11.6 Å². The minimum absolute atomic E-state index is 0.0996. The molecule has 0 aliphatic carbocycles. The van der Waals surface area contributed by atoms with Crippen LogP contribution in [0.4, 0.5) is 0 Å². The lowest BCUT2D eigenvalue weighted by atomic mass is 9.84. The fourth-order valence-corrected chi connectivity index (χ4v) is 2.78. The number of carbonyl (C=O) groups excluding carboxylic acids is 1. The maximum absolute atomic E-state index is 12.3. The molecule has 2 heterocycles. The molecule has 0 bridgehead atoms. The normalized spacial score (nSPS) is 17.3. The molecule has 19 heavy (non-hydrogen) atoms. The van der Waals surface area contributed by atoms with E-state index in [0.717, 1.165) is 37.4 Å². The Bertz CT molecular complexity index is 466. The molecule has 0 spiro atoms. The minimum atomic E-state index is 0.0996. The molecule has 0 radical (unpaired) electrons. The third kappa shape index (κ3) is 2.84. The van der Waals surface area contributed by atoms with Gasteiger partial charge in [0, 0.05) is 12.5 Å². The fraction of sp³-hybridized carbons (Fsp3) is 0.714. The van der Waals surface area contributed by atoms with Crippen LogP contribution in [0.25, 0.3) is 0 Å². The summed E-state index contributed by atoms with van der Waals surface area (Å²) in [4.78, 5) is 12.3. The van der Waals surface area contributed by atoms with E-state index in [1.165, 1.54) is 0 Å². The Balaban J connectivity index is 2.13. The van der Waals surface area contributed by atoms with E-state index in [1.54, 1.807) is 0 Å². The highest BCUT2D eigenvalue weighted by atomic mass is 35.5. The van der Waals surface area contributed by atoms with E-state index in [-0.39, 0.29) is 11.7 Å². The molecule has 106 valence electrons. The summed E-state index contributed by atoms with van der Waals surface area (Å²) in [6, 6.07) is 0. The molecule has 0 saturated carbocycles. The van der Waals surface area contributed by atoms with E-state index < -0.39 is 0 Å². The largest absolute Gasteiger partial charge is 0.316 e. The first kappa shape index (κ1) is 14.5. The van der Waals surface area contributed by atoms with Gasteiger partial charge in [0.25, 0.3) is 0 Å². The zero-order valence-corrected chi connectivity index (χ0v) is 12.6. The second kappa shape index (κ2) is 6.06. The highest BCUT2D eigenvalue weighted by molar-refractivity contribution is 6.32. The second-order valence-corrected chi connectivity index (χ2v) is 5.60. The number of hydrogen-bond acceptors (Lipinski definition) is 3. The monoisotopic (exact) mass is 283 g/mol. The first-order valence-corrected chi connectivity index (χ1v) is 7.43. The van der Waals surface area contributed by atoms with Crippen molar-refractivity contribution in [3.05, 3.63) is 16.4 Å². The third-order valence-corrected chi connectivity index (χ3v) is 4.50. The maximum Gasteiger partial charge on any atom is 0.142 e. The van der Waals surface area contributed by atoms with Gasteiger partial charge in [-0.1, -0.05) is 25.4 Å². The van der Waals surface area contributed by atoms with E-state index in [1.807, 2.05) is 25.5 Å². The predicted octanol–water partition coefficient (Wildman–Crippen LogP) is 2.09. The van der Waals surface area contributed by atoms with Crippen LogP contribution in [0, 0.1) is 11.8 Å². The standard InChI is InChI=1S/C14H22ClN3O/c1-4-11-14(15)12(18(5-2)17-11)6-13(19)9(3)10-7-16-8-10/h9-10,16H,4-8H2,1-3H3. The van der Waals surface area contributed by atoms with Gasteiger partial charge in [0.05, 0.1) is 22.8 Å². The molecule has 1 aromatic heterocycles. The number of halogens is 1. The lowest BCUT2D eigenvalue weighted by Gasteiger charge is -2.31. The van der Waals surface area contributed by atoms with Crippen molar-refractivity contribution < 1.29 is 4.79 Å². The van der Waals surface area contributed by atoms with Crippen LogP contribution < -0.4 is 5.32 Å². The van der Waals surface area contributed by atoms with Gasteiger partial charge in [-0.3, -0.25) is 9.48 Å². The van der Waals surface area contributed by atoms with Crippen molar-refractivity contribution >= 4 is 17.4 Å². The van der Waals surface area contributed by atoms with Gasteiger partial charge >= 0.3 is 0 Å². The molecule has 0 aromatic carbocycles. The molecule has 1 N–H and O–H groups in total. The van der Waals surface area contributed by atoms with Gasteiger partial charge in [-0.25, -0.2) is 0 Å². The van der Waals surface area contributed by atoms with E-state index in [4.69, 9.17) is 11.6 Å². The van der Waals surface area contributed by atoms with Gasteiger partial charge in [-0.15, -0.1) is 0 Å². The summed E-state index contributed by atoms with van der Waals surface area (Å²) in [6.45, 7) is 8.73. The summed E-state index contributed by atoms with van der Waals surface area (Å²) in [5, 5.41) is 8.35. The van der Waals surface area contributed by atoms with Crippen LogP contribution in [-0.2, 0) is 24.2 Å². The molecule has 1 unspecified atom stereocenters. The van der Waals surface area contributed by atoms with Gasteiger partial charge in [-0.2, -0.15) is 5.10 Å². The lowest BCUT2D eigenvalue weighted by molar-refractivity contribution is -0.123. The Morgan fingerprint density at radius 3 is 2.68 bits per heavy atom. The summed E-state index contributed by atoms with van der Waals surface area (Å²) in [5.74, 6) is 0.850. The summed E-state index contributed by atoms with van der Waals surface area (Å²) in [5.41, 5.74) is 1.77. The van der Waals surface area contributed by atoms with E-state index in [9.17, 15) is 4.79 Å². The molecule has 1 aromatic rings. The van der Waals surface area contributed by atoms with Crippen LogP contribution in [-0.4, -0.2) is 28.7 Å². The number of aryl methyl sites for hydroxylation is 2. The Morgan fingerprint density at radius 1 is 1.53 bits per heavy atom. The van der Waals surface area contributed by atoms with Crippen molar-refractivity contribution in [1.82, 2.24) is 15.1 Å². The number of hydrogen-bond donors (Lipinski definition) is 1. The van der Waals surface area contributed by atoms with Crippen LogP contribution in [0.15, 0.2) is 0 Å². The number of Topliss-reactive ketones (excluding diaryl/α,β-unsaturated/α-hetero) is 1. The Hall–Kier alpha value is -0.870. The van der Waals surface area contributed by atoms with Crippen molar-refractivity contribution in [1.29, 1.82) is 0 Å². The predicted molar refractivity (Wildman–Crippen MR) is 76.5 cm³/mol. The van der Waals surface area contributed by atoms with E-state index >= 15 is 0 Å². The lowest BCUT2D eigenvalue weighted by Crippen LogP contribution is -2.47. The average molecular weight is 284 g/mol. The zero-order valence-electron chi connectivity index (χ0n) is 11.9. The van der Waals surface area contributed by atoms with Crippen LogP contribution in [0.1, 0.15) is 32.2 Å². The molecule has 5 heteroatoms. The molecule has 1 aliphatic rings. The van der Waals surface area contributed by atoms with Crippen molar-refractivity contribution in [2.75, 3.05) is 13.1 Å². The maximum atomic E-state index is 12.3. The molecular formula is C14H22ClN3O. The van der Waals surface area contributed by atoms with Crippen LogP contribution in [0.2, 0.25) is 5.02 Å². The third-order valence-electron chi connectivity index (χ3n) is 4.06. The van der Waals surface area contributed by atoms with Crippen molar-refractivity contribution in [2.45, 2.75) is 40.2 Å². The Labute approximate surface area is 119 Å². The SMILES string of the molecule is CCc1nn(CC)c(CC(=O)C(C)C2CNC2)c1Cl. The van der Waals surface area contributed by atoms with E-state index in [0.29, 0.717) is 17.4 Å². The second-order valence-electron chi connectivity index (χ2n) is 5.23. The average Bonchev–Trinajstić information content (AvgIpc) is 2.64. The Kier molecular flexibility index (Phi) is 4.63. The van der Waals surface area contributed by atoms with Crippen molar-refractivity contribution in [3.63, 3.8) is 0 Å². The molecule has 1 fully saturated rings. The van der Waals surface area contributed by atoms with Gasteiger partial charge in [-0.05, 0) is 32.4 Å². The van der Waals surface area contributed by atoms with Crippen molar-refractivity contribution in [2.24, 2.45) is 11.8 Å². The number of ketones is 1. The number of carbonyl (C=O) groups is 1. The van der Waals surface area contributed by atoms with Gasteiger partial charge in [0.15, 0.2) is 0 Å². The molecule has 0 amide bonds. The first-order valence-electron chi connectivity index (χ1n) is 7.05. The highest BCUT2D eigenvalue weighted by Crippen LogP contribution is 2.25. The number of aromatic nitrogens is 2. The summed E-state index contributed by atoms with van der Waals surface area (Å²) < 4.78 is 1.87. The molecule has 1 saturated heterocycles. The number of rotatable bonds is 6. The van der Waals surface area contributed by atoms with Gasteiger partial charge < -0.3 is 5.32 Å². The van der Waals surface area contributed by atoms with Crippen LogP contribution in [0.5, 0.6) is 0 Å². The molecule has 4 nitrogen and oxygen atoms in total. The molecule has 2 rings (SSSR count). The number of nitrogens with one attached hydrogen (secondary N) is 1. The zero-order chi connectivity index (χ0) is 14.0. The molecule has 1 atom stereocenters. The van der Waals surface area contributed by atoms with Gasteiger partial charge in [0.2, 0.25) is 0 Å². The number of nitrogens with zero attached hydrogens (tertiary/aromatic N) is 2. The first-order chi connectivity index (χ1) is 9.08. The molecule has 1 aliphatic heterocycles. The fourth-order valence-electron chi connectivity index (χ4n) is 2.44. The van der Waals surface area contributed by atoms with Crippen molar-refractivity contribution in [3.8, 4) is 0 Å². The molecular weight excluding hydrogens is 262 g/mol. The summed E-state index contributed by atoms with van der Waals surface area (Å²) in [6.07, 6.45) is 1.20. The van der Waals surface area contributed by atoms with Gasteiger partial charge in [0.1, 0.15) is 5.78 Å².